The van der Waals surface area contributed by atoms with Crippen LogP contribution in [0.25, 0.3) is 0 Å². The van der Waals surface area contributed by atoms with E-state index in [1.54, 1.807) is 6.92 Å². The van der Waals surface area contributed by atoms with Crippen LogP contribution < -0.4 is 21.7 Å². The number of amides is 2. The quantitative estimate of drug-likeness (QED) is 0.340. The minimum Gasteiger partial charge on any atom is -0.373 e. The molecule has 0 aromatic rings. The highest BCUT2D eigenvalue weighted by molar-refractivity contribution is 5.81. The Bertz CT molecular complexity index is 1040. The van der Waals surface area contributed by atoms with E-state index in [4.69, 9.17) is 5.73 Å². The van der Waals surface area contributed by atoms with Gasteiger partial charge in [0.2, 0.25) is 11.8 Å². The van der Waals surface area contributed by atoms with Crippen molar-refractivity contribution in [3.05, 3.63) is 11.8 Å². The smallest absolute Gasteiger partial charge is 0.229 e. The molecule has 5 heterocycles. The zero-order valence-electron chi connectivity index (χ0n) is 26.8. The molecule has 0 radical (unpaired) electrons. The number of piperidine rings is 2. The predicted molar refractivity (Wildman–Crippen MR) is 169 cm³/mol. The van der Waals surface area contributed by atoms with Gasteiger partial charge >= 0.3 is 0 Å². The second-order valence-electron chi connectivity index (χ2n) is 13.7. The Morgan fingerprint density at radius 2 is 1.82 bits per heavy atom. The van der Waals surface area contributed by atoms with Crippen molar-refractivity contribution in [2.75, 3.05) is 52.4 Å². The molecule has 5 aliphatic rings. The molecule has 0 aliphatic carbocycles. The van der Waals surface area contributed by atoms with E-state index in [0.717, 1.165) is 38.3 Å². The number of likely N-dealkylation sites (tertiary alicyclic amines) is 3. The summed E-state index contributed by atoms with van der Waals surface area (Å²) in [5.74, 6) is -0.772. The van der Waals surface area contributed by atoms with Crippen LogP contribution in [0.3, 0.4) is 0 Å². The minimum absolute atomic E-state index is 0.0311. The van der Waals surface area contributed by atoms with Crippen molar-refractivity contribution in [1.82, 2.24) is 30.7 Å². The fraction of sp³-hybridized carbons (Fsp3) is 0.844. The lowest BCUT2D eigenvalue weighted by Gasteiger charge is -2.48. The number of nitrogens with two attached hydrogens (primary N) is 1. The van der Waals surface area contributed by atoms with E-state index in [1.165, 1.54) is 19.1 Å². The molecule has 2 amide bonds. The van der Waals surface area contributed by atoms with Gasteiger partial charge in [-0.1, -0.05) is 19.9 Å². The molecule has 0 bridgehead atoms. The first-order chi connectivity index (χ1) is 21.2. The van der Waals surface area contributed by atoms with Gasteiger partial charge in [0.1, 0.15) is 12.3 Å². The second-order valence-corrected chi connectivity index (χ2v) is 13.7. The molecule has 8 atom stereocenters. The number of halogens is 2. The maximum atomic E-state index is 15.6. The van der Waals surface area contributed by atoms with Crippen molar-refractivity contribution in [2.24, 2.45) is 28.5 Å². The molecule has 4 saturated heterocycles. The average molecular weight is 621 g/mol. The van der Waals surface area contributed by atoms with E-state index in [0.29, 0.717) is 38.5 Å². The average Bonchev–Trinajstić information content (AvgIpc) is 3.51. The number of rotatable bonds is 7. The van der Waals surface area contributed by atoms with E-state index >= 15 is 4.39 Å². The third-order valence-electron chi connectivity index (χ3n) is 10.7. The third-order valence-corrected chi connectivity index (χ3v) is 10.7. The fourth-order valence-corrected chi connectivity index (χ4v) is 7.65. The first-order valence-electron chi connectivity index (χ1n) is 17.0. The van der Waals surface area contributed by atoms with Crippen molar-refractivity contribution in [1.29, 1.82) is 0 Å². The van der Waals surface area contributed by atoms with E-state index in [-0.39, 0.29) is 36.6 Å². The van der Waals surface area contributed by atoms with Gasteiger partial charge < -0.3 is 26.6 Å². The van der Waals surface area contributed by atoms with Gasteiger partial charge in [0.15, 0.2) is 0 Å². The van der Waals surface area contributed by atoms with Gasteiger partial charge in [-0.15, -0.1) is 0 Å². The first kappa shape index (κ1) is 33.2. The summed E-state index contributed by atoms with van der Waals surface area (Å²) in [6.07, 6.45) is 4.85. The molecule has 0 saturated carbocycles. The standard InChI is InChI=1S/C32H54F2N8O2/c1-4-20(2)26-8-7-23(33)15-37-21(3)28(30(35)38-26)31(43)39-27-17-36-16-25(34)29(27)41-13-9-22(10-14-41)32(44)42-18-24(19-42)40-11-5-6-12-40/h8,15,20-25,27-30,36,38H,4-7,9-14,16-19,35H2,1-3H3,(H,39,43)/b26-8-,37-15?. The second kappa shape index (κ2) is 15.0. The molecule has 8 unspecified atom stereocenters. The summed E-state index contributed by atoms with van der Waals surface area (Å²) in [6.45, 7) is 11.7. The van der Waals surface area contributed by atoms with Crippen LogP contribution in [0.2, 0.25) is 0 Å². The maximum Gasteiger partial charge on any atom is 0.229 e. The monoisotopic (exact) mass is 620 g/mol. The predicted octanol–water partition coefficient (Wildman–Crippen LogP) is 1.42. The van der Waals surface area contributed by atoms with Gasteiger partial charge in [-0.3, -0.25) is 24.4 Å². The van der Waals surface area contributed by atoms with Crippen LogP contribution in [-0.4, -0.2) is 128 Å². The Morgan fingerprint density at radius 3 is 2.50 bits per heavy atom. The molecule has 10 nitrogen and oxygen atoms in total. The highest BCUT2D eigenvalue weighted by Crippen LogP contribution is 2.29. The molecule has 248 valence electrons. The van der Waals surface area contributed by atoms with Crippen LogP contribution in [0.4, 0.5) is 8.78 Å². The highest BCUT2D eigenvalue weighted by Gasteiger charge is 2.44. The number of aliphatic imine (C=N–C) groups is 1. The van der Waals surface area contributed by atoms with Crippen molar-refractivity contribution in [2.45, 2.75) is 102 Å². The third kappa shape index (κ3) is 7.62. The maximum absolute atomic E-state index is 15.6. The number of carbonyl (C=O) groups is 2. The normalized spacial score (nSPS) is 37.0. The number of hydrogen-bond acceptors (Lipinski definition) is 8. The summed E-state index contributed by atoms with van der Waals surface area (Å²) in [6, 6.07) is -1.05. The minimum atomic E-state index is -1.25. The lowest BCUT2D eigenvalue weighted by Crippen LogP contribution is -2.67. The fourth-order valence-electron chi connectivity index (χ4n) is 7.65. The molecular formula is C32H54F2N8O2. The number of nitrogens with zero attached hydrogens (tertiary/aromatic N) is 4. The van der Waals surface area contributed by atoms with E-state index < -0.39 is 42.6 Å². The summed E-state index contributed by atoms with van der Waals surface area (Å²) in [5, 5.41) is 9.53. The van der Waals surface area contributed by atoms with Crippen LogP contribution in [-0.2, 0) is 9.59 Å². The summed E-state index contributed by atoms with van der Waals surface area (Å²) >= 11 is 0. The summed E-state index contributed by atoms with van der Waals surface area (Å²) in [5.41, 5.74) is 7.42. The molecule has 0 aromatic carbocycles. The molecule has 5 aliphatic heterocycles. The SMILES string of the molecule is CCC(C)/C1=C/CC(F)C=NC(C)C(C(=O)NC2CNCC(F)C2N2CCC(C(=O)N3CC(N4CCCC4)C3)CC2)C(N)N1. The van der Waals surface area contributed by atoms with Crippen molar-refractivity contribution in [3.8, 4) is 0 Å². The van der Waals surface area contributed by atoms with Gasteiger partial charge in [0.25, 0.3) is 0 Å². The zero-order chi connectivity index (χ0) is 31.4. The van der Waals surface area contributed by atoms with Crippen LogP contribution in [0.1, 0.15) is 59.3 Å². The number of carbonyl (C=O) groups excluding carboxylic acids is 2. The van der Waals surface area contributed by atoms with Gasteiger partial charge in [0, 0.05) is 56.5 Å². The van der Waals surface area contributed by atoms with Crippen molar-refractivity contribution in [3.63, 3.8) is 0 Å². The summed E-state index contributed by atoms with van der Waals surface area (Å²) in [4.78, 5) is 38.1. The van der Waals surface area contributed by atoms with Crippen molar-refractivity contribution < 1.29 is 18.4 Å². The molecule has 12 heteroatoms. The molecule has 0 aromatic heterocycles. The first-order valence-corrected chi connectivity index (χ1v) is 17.0. The summed E-state index contributed by atoms with van der Waals surface area (Å²) < 4.78 is 30.1. The molecule has 44 heavy (non-hydrogen) atoms. The Kier molecular flexibility index (Phi) is 11.3. The highest BCUT2D eigenvalue weighted by atomic mass is 19.1. The lowest BCUT2D eigenvalue weighted by molar-refractivity contribution is -0.144. The lowest BCUT2D eigenvalue weighted by atomic mass is 9.88. The molecule has 4 fully saturated rings. The number of hydrogen-bond donors (Lipinski definition) is 4. The molecule has 0 spiro atoms. The molecule has 5 rings (SSSR count). The van der Waals surface area contributed by atoms with E-state index in [9.17, 15) is 14.0 Å². The van der Waals surface area contributed by atoms with Crippen molar-refractivity contribution >= 4 is 18.0 Å². The Labute approximate surface area is 261 Å². The van der Waals surface area contributed by atoms with Gasteiger partial charge in [-0.05, 0) is 71.1 Å². The van der Waals surface area contributed by atoms with Crippen LogP contribution >= 0.6 is 0 Å². The molecule has 5 N–H and O–H groups in total. The Morgan fingerprint density at radius 1 is 1.11 bits per heavy atom. The largest absolute Gasteiger partial charge is 0.373 e. The molecular weight excluding hydrogens is 566 g/mol. The van der Waals surface area contributed by atoms with Gasteiger partial charge in [0.05, 0.1) is 30.2 Å². The van der Waals surface area contributed by atoms with Crippen LogP contribution in [0.15, 0.2) is 16.8 Å². The van der Waals surface area contributed by atoms with Gasteiger partial charge in [-0.2, -0.15) is 0 Å². The van der Waals surface area contributed by atoms with Crippen LogP contribution in [0, 0.1) is 17.8 Å². The van der Waals surface area contributed by atoms with E-state index in [2.05, 4.69) is 37.7 Å². The number of alkyl halides is 2. The Hall–Kier alpha value is -2.15. The van der Waals surface area contributed by atoms with E-state index in [1.807, 2.05) is 17.9 Å². The topological polar surface area (TPSA) is 118 Å². The van der Waals surface area contributed by atoms with Gasteiger partial charge in [-0.25, -0.2) is 8.78 Å². The number of allylic oxidation sites excluding steroid dienone is 2. The number of nitrogens with one attached hydrogen (secondary N) is 3. The summed E-state index contributed by atoms with van der Waals surface area (Å²) in [7, 11) is 0. The zero-order valence-corrected chi connectivity index (χ0v) is 26.8. The Balaban J connectivity index is 1.20. The van der Waals surface area contributed by atoms with Crippen LogP contribution in [0.5, 0.6) is 0 Å².